The van der Waals surface area contributed by atoms with Crippen LogP contribution in [0.4, 0.5) is 0 Å². The first-order chi connectivity index (χ1) is 13.1. The highest BCUT2D eigenvalue weighted by molar-refractivity contribution is 7.99. The molecule has 0 fully saturated rings. The second-order valence-corrected chi connectivity index (χ2v) is 7.03. The maximum Gasteiger partial charge on any atom is 0.262 e. The van der Waals surface area contributed by atoms with Gasteiger partial charge in [-0.15, -0.1) is 0 Å². The van der Waals surface area contributed by atoms with Gasteiger partial charge in [0.1, 0.15) is 0 Å². The molecule has 0 saturated carbocycles. The number of nitrogens with zero attached hydrogens (tertiary/aromatic N) is 2. The number of thioether (sulfide) groups is 1. The Morgan fingerprint density at radius 1 is 0.926 bits per heavy atom. The molecule has 1 aliphatic rings. The van der Waals surface area contributed by atoms with Crippen molar-refractivity contribution in [3.63, 3.8) is 0 Å². The quantitative estimate of drug-likeness (QED) is 0.427. The van der Waals surface area contributed by atoms with Gasteiger partial charge < -0.3 is 5.11 Å². The number of aromatic nitrogens is 2. The minimum Gasteiger partial charge on any atom is -0.493 e. The van der Waals surface area contributed by atoms with Crippen molar-refractivity contribution >= 4 is 23.3 Å². The Hall–Kier alpha value is -3.19. The van der Waals surface area contributed by atoms with Gasteiger partial charge in [0.15, 0.2) is 16.7 Å². The Balaban J connectivity index is 1.66. The molecule has 1 heterocycles. The van der Waals surface area contributed by atoms with Crippen molar-refractivity contribution in [2.45, 2.75) is 5.16 Å². The molecule has 0 unspecified atom stereocenters. The average molecular weight is 378 g/mol. The van der Waals surface area contributed by atoms with Gasteiger partial charge in [0.2, 0.25) is 5.88 Å². The number of para-hydroxylation sites is 1. The molecule has 0 radical (unpaired) electrons. The van der Waals surface area contributed by atoms with Gasteiger partial charge in [0.05, 0.1) is 17.7 Å². The fourth-order valence-corrected chi connectivity index (χ4v) is 4.18. The van der Waals surface area contributed by atoms with Crippen LogP contribution in [-0.4, -0.2) is 32.0 Å². The number of rotatable bonds is 4. The number of hydrogen-bond donors (Lipinski definition) is 1. The smallest absolute Gasteiger partial charge is 0.262 e. The number of aromatic hydroxyl groups is 1. The third-order valence-electron chi connectivity index (χ3n) is 4.36. The first-order valence-electron chi connectivity index (χ1n) is 8.25. The molecule has 4 rings (SSSR count). The number of ketones is 2. The summed E-state index contributed by atoms with van der Waals surface area (Å²) >= 11 is 1.10. The van der Waals surface area contributed by atoms with Crippen molar-refractivity contribution < 1.29 is 14.7 Å². The fourth-order valence-electron chi connectivity index (χ4n) is 3.08. The standard InChI is InChI=1S/C20H14N2O4S/c23-16-10-17(24)22(12-6-2-1-3-7-12)20(21-16)27-11-15-18(25)13-8-4-5-9-14(13)19(15)26/h1-10,15,23H,11H2. The van der Waals surface area contributed by atoms with Crippen LogP contribution in [0, 0.1) is 5.92 Å². The van der Waals surface area contributed by atoms with Crippen molar-refractivity contribution in [2.24, 2.45) is 5.92 Å². The molecule has 27 heavy (non-hydrogen) atoms. The zero-order valence-electron chi connectivity index (χ0n) is 14.0. The number of Topliss-reactive ketones (excluding diaryl/α,β-unsaturated/α-hetero) is 2. The third kappa shape index (κ3) is 3.06. The lowest BCUT2D eigenvalue weighted by Crippen LogP contribution is -2.22. The summed E-state index contributed by atoms with van der Waals surface area (Å²) in [5, 5.41) is 9.96. The molecule has 0 amide bonds. The van der Waals surface area contributed by atoms with Crippen molar-refractivity contribution in [1.29, 1.82) is 0 Å². The normalized spacial score (nSPS) is 13.8. The van der Waals surface area contributed by atoms with E-state index in [1.165, 1.54) is 4.57 Å². The predicted molar refractivity (Wildman–Crippen MR) is 101 cm³/mol. The Labute approximate surface area is 158 Å². The summed E-state index contributed by atoms with van der Waals surface area (Å²) < 4.78 is 1.35. The second-order valence-electron chi connectivity index (χ2n) is 6.04. The SMILES string of the molecule is O=C1c2ccccc2C(=O)C1CSc1nc(O)cc(=O)n1-c1ccccc1. The summed E-state index contributed by atoms with van der Waals surface area (Å²) in [4.78, 5) is 41.5. The monoisotopic (exact) mass is 378 g/mol. The van der Waals surface area contributed by atoms with Crippen LogP contribution in [0.15, 0.2) is 70.6 Å². The number of fused-ring (bicyclic) bond motifs is 1. The summed E-state index contributed by atoms with van der Waals surface area (Å²) in [5.74, 6) is -1.54. The summed E-state index contributed by atoms with van der Waals surface area (Å²) in [7, 11) is 0. The first kappa shape index (κ1) is 17.2. The summed E-state index contributed by atoms with van der Waals surface area (Å²) in [5.41, 5.74) is 1.00. The van der Waals surface area contributed by atoms with E-state index in [-0.39, 0.29) is 22.5 Å². The molecule has 7 heteroatoms. The third-order valence-corrected chi connectivity index (χ3v) is 5.39. The molecule has 3 aromatic rings. The summed E-state index contributed by atoms with van der Waals surface area (Å²) in [6, 6.07) is 16.6. The molecule has 0 spiro atoms. The van der Waals surface area contributed by atoms with E-state index in [0.717, 1.165) is 17.8 Å². The van der Waals surface area contributed by atoms with E-state index >= 15 is 0 Å². The minimum atomic E-state index is -0.823. The number of carbonyl (C=O) groups is 2. The molecule has 2 aromatic carbocycles. The molecule has 1 aliphatic carbocycles. The highest BCUT2D eigenvalue weighted by Gasteiger charge is 2.38. The van der Waals surface area contributed by atoms with Crippen LogP contribution in [0.3, 0.4) is 0 Å². The van der Waals surface area contributed by atoms with Gasteiger partial charge in [-0.1, -0.05) is 54.2 Å². The molecule has 134 valence electrons. The van der Waals surface area contributed by atoms with Gasteiger partial charge in [-0.05, 0) is 12.1 Å². The Bertz CT molecular complexity index is 1070. The van der Waals surface area contributed by atoms with E-state index in [1.54, 1.807) is 48.5 Å². The highest BCUT2D eigenvalue weighted by atomic mass is 32.2. The molecule has 0 aliphatic heterocycles. The second kappa shape index (κ2) is 6.85. The zero-order chi connectivity index (χ0) is 19.0. The van der Waals surface area contributed by atoms with Crippen LogP contribution < -0.4 is 5.56 Å². The van der Waals surface area contributed by atoms with Gasteiger partial charge in [0, 0.05) is 16.9 Å². The van der Waals surface area contributed by atoms with Gasteiger partial charge >= 0.3 is 0 Å². The molecular formula is C20H14N2O4S. The molecular weight excluding hydrogens is 364 g/mol. The topological polar surface area (TPSA) is 89.3 Å². The maximum absolute atomic E-state index is 12.5. The number of carbonyl (C=O) groups excluding carboxylic acids is 2. The Morgan fingerprint density at radius 3 is 2.15 bits per heavy atom. The Kier molecular flexibility index (Phi) is 4.37. The van der Waals surface area contributed by atoms with Gasteiger partial charge in [0.25, 0.3) is 5.56 Å². The first-order valence-corrected chi connectivity index (χ1v) is 9.23. The molecule has 1 aromatic heterocycles. The average Bonchev–Trinajstić information content (AvgIpc) is 2.91. The van der Waals surface area contributed by atoms with Gasteiger partial charge in [-0.25, -0.2) is 0 Å². The van der Waals surface area contributed by atoms with Crippen LogP contribution in [0.5, 0.6) is 5.88 Å². The largest absolute Gasteiger partial charge is 0.493 e. The van der Waals surface area contributed by atoms with E-state index in [0.29, 0.717) is 16.8 Å². The van der Waals surface area contributed by atoms with Crippen LogP contribution in [-0.2, 0) is 0 Å². The lowest BCUT2D eigenvalue weighted by atomic mass is 10.1. The maximum atomic E-state index is 12.5. The predicted octanol–water partition coefficient (Wildman–Crippen LogP) is 2.73. The van der Waals surface area contributed by atoms with Crippen LogP contribution in [0.2, 0.25) is 0 Å². The molecule has 6 nitrogen and oxygen atoms in total. The van der Waals surface area contributed by atoms with Crippen molar-refractivity contribution in [3.05, 3.63) is 82.1 Å². The molecule has 0 atom stereocenters. The van der Waals surface area contributed by atoms with Gasteiger partial charge in [-0.3, -0.25) is 19.0 Å². The van der Waals surface area contributed by atoms with Crippen molar-refractivity contribution in [3.8, 4) is 11.6 Å². The lowest BCUT2D eigenvalue weighted by molar-refractivity contribution is 0.0855. The fraction of sp³-hybridized carbons (Fsp3) is 0.100. The van der Waals surface area contributed by atoms with E-state index in [2.05, 4.69) is 4.98 Å². The molecule has 0 bridgehead atoms. The highest BCUT2D eigenvalue weighted by Crippen LogP contribution is 2.31. The number of benzene rings is 2. The Morgan fingerprint density at radius 2 is 1.52 bits per heavy atom. The van der Waals surface area contributed by atoms with Crippen LogP contribution in [0.1, 0.15) is 20.7 Å². The van der Waals surface area contributed by atoms with Crippen molar-refractivity contribution in [2.75, 3.05) is 5.75 Å². The summed E-state index contributed by atoms with van der Waals surface area (Å²) in [6.45, 7) is 0. The minimum absolute atomic E-state index is 0.134. The molecule has 0 saturated heterocycles. The number of hydrogen-bond acceptors (Lipinski definition) is 6. The van der Waals surface area contributed by atoms with Gasteiger partial charge in [-0.2, -0.15) is 4.98 Å². The van der Waals surface area contributed by atoms with E-state index in [4.69, 9.17) is 0 Å². The summed E-state index contributed by atoms with van der Waals surface area (Å²) in [6.07, 6.45) is 0. The van der Waals surface area contributed by atoms with E-state index in [1.807, 2.05) is 6.07 Å². The zero-order valence-corrected chi connectivity index (χ0v) is 14.8. The van der Waals surface area contributed by atoms with Crippen LogP contribution >= 0.6 is 11.8 Å². The van der Waals surface area contributed by atoms with Crippen molar-refractivity contribution in [1.82, 2.24) is 9.55 Å². The van der Waals surface area contributed by atoms with E-state index in [9.17, 15) is 19.5 Å². The molecule has 1 N–H and O–H groups in total. The van der Waals surface area contributed by atoms with Crippen LogP contribution in [0.25, 0.3) is 5.69 Å². The van der Waals surface area contributed by atoms with E-state index < -0.39 is 17.4 Å². The lowest BCUT2D eigenvalue weighted by Gasteiger charge is -2.13.